The molecule has 0 bridgehead atoms. The summed E-state index contributed by atoms with van der Waals surface area (Å²) in [7, 11) is -3.40. The van der Waals surface area contributed by atoms with Gasteiger partial charge in [0.1, 0.15) is 11.6 Å². The second kappa shape index (κ2) is 10.1. The van der Waals surface area contributed by atoms with Crippen LogP contribution in [0.2, 0.25) is 0 Å². The van der Waals surface area contributed by atoms with Gasteiger partial charge in [-0.2, -0.15) is 18.1 Å². The van der Waals surface area contributed by atoms with Crippen LogP contribution in [-0.2, 0) is 22.6 Å². The number of hydrogen-bond donors (Lipinski definition) is 1. The van der Waals surface area contributed by atoms with Gasteiger partial charge in [0.25, 0.3) is 11.5 Å². The Kier molecular flexibility index (Phi) is 7.48. The minimum Gasteiger partial charge on any atom is -0.348 e. The molecule has 8 nitrogen and oxygen atoms in total. The Labute approximate surface area is 204 Å². The van der Waals surface area contributed by atoms with Crippen LogP contribution in [-0.4, -0.2) is 25.1 Å². The first-order valence-corrected chi connectivity index (χ1v) is 12.5. The van der Waals surface area contributed by atoms with E-state index in [1.54, 1.807) is 0 Å². The molecule has 0 saturated heterocycles. The highest BCUT2D eigenvalue weighted by Crippen LogP contribution is 2.31. The van der Waals surface area contributed by atoms with E-state index in [1.165, 1.54) is 50.2 Å². The highest BCUT2D eigenvalue weighted by Gasteiger charge is 2.31. The van der Waals surface area contributed by atoms with Gasteiger partial charge in [0.2, 0.25) is 0 Å². The topological polar surface area (TPSA) is 115 Å². The lowest BCUT2D eigenvalue weighted by molar-refractivity contribution is -0.137. The van der Waals surface area contributed by atoms with E-state index in [-0.39, 0.29) is 28.4 Å². The zero-order valence-electron chi connectivity index (χ0n) is 19.5. The monoisotopic (exact) mass is 521 g/mol. The number of carbonyl (C=O) groups excluding carboxylic acids is 1. The maximum absolute atomic E-state index is 13.3. The van der Waals surface area contributed by atoms with Crippen molar-refractivity contribution in [3.8, 4) is 5.69 Å². The quantitative estimate of drug-likeness (QED) is 0.465. The molecule has 1 amide bonds. The van der Waals surface area contributed by atoms with Crippen molar-refractivity contribution in [1.29, 1.82) is 0 Å². The number of benzene rings is 2. The van der Waals surface area contributed by atoms with Crippen LogP contribution in [0.25, 0.3) is 5.69 Å². The molecule has 190 valence electrons. The molecule has 0 saturated carbocycles. The lowest BCUT2D eigenvalue weighted by atomic mass is 10.0. The summed E-state index contributed by atoms with van der Waals surface area (Å²) in [6.07, 6.45) is -3.60. The molecule has 1 aromatic heterocycles. The number of nitrogens with zero attached hydrogens (tertiary/aromatic N) is 2. The molecule has 0 fully saturated rings. The zero-order valence-corrected chi connectivity index (χ0v) is 20.3. The fourth-order valence-electron chi connectivity index (χ4n) is 3.63. The molecule has 0 radical (unpaired) electrons. The molecular formula is C24H22F3N3O5S. The van der Waals surface area contributed by atoms with Crippen LogP contribution in [0, 0.1) is 11.8 Å². The second-order valence-electron chi connectivity index (χ2n) is 8.17. The standard InChI is InChI=1S/C24H22F3N3O5S/c1-14(29-33)20-12-21(22(31)28-13-16-7-9-19(10-8-16)36(3,34)35)23(32)30(15(20)2)18-6-4-5-17(11-18)24(25,26)27/h4-12,14H,13H2,1-3H3,(H,28,31). The average molecular weight is 522 g/mol. The number of aromatic nitrogens is 1. The Morgan fingerprint density at radius 3 is 2.31 bits per heavy atom. The summed E-state index contributed by atoms with van der Waals surface area (Å²) in [5.74, 6) is -0.827. The normalized spacial score (nSPS) is 12.7. The van der Waals surface area contributed by atoms with Crippen molar-refractivity contribution in [3.05, 3.63) is 97.8 Å². The summed E-state index contributed by atoms with van der Waals surface area (Å²) >= 11 is 0. The largest absolute Gasteiger partial charge is 0.416 e. The SMILES string of the molecule is Cc1c(C(C)N=O)cc(C(=O)NCc2ccc(S(C)(=O)=O)cc2)c(=O)n1-c1cccc(C(F)(F)F)c1. The first-order chi connectivity index (χ1) is 16.7. The van der Waals surface area contributed by atoms with Gasteiger partial charge in [-0.05, 0) is 55.8 Å². The first kappa shape index (κ1) is 26.8. The fraction of sp³-hybridized carbons (Fsp3) is 0.250. The molecule has 2 aromatic carbocycles. The van der Waals surface area contributed by atoms with Gasteiger partial charge in [0.05, 0.1) is 10.5 Å². The number of nitrogens with one attached hydrogen (secondary N) is 1. The van der Waals surface area contributed by atoms with Gasteiger partial charge in [-0.15, -0.1) is 0 Å². The lowest BCUT2D eigenvalue weighted by Crippen LogP contribution is -2.34. The summed E-state index contributed by atoms with van der Waals surface area (Å²) in [4.78, 5) is 37.5. The molecule has 1 heterocycles. The maximum atomic E-state index is 13.3. The molecule has 0 aliphatic rings. The molecule has 36 heavy (non-hydrogen) atoms. The van der Waals surface area contributed by atoms with E-state index in [1.807, 2.05) is 0 Å². The van der Waals surface area contributed by atoms with Crippen LogP contribution in [0.3, 0.4) is 0 Å². The maximum Gasteiger partial charge on any atom is 0.416 e. The van der Waals surface area contributed by atoms with Crippen LogP contribution >= 0.6 is 0 Å². The predicted molar refractivity (Wildman–Crippen MR) is 127 cm³/mol. The van der Waals surface area contributed by atoms with Gasteiger partial charge in [-0.1, -0.05) is 23.4 Å². The summed E-state index contributed by atoms with van der Waals surface area (Å²) in [5.41, 5.74) is -1.47. The summed E-state index contributed by atoms with van der Waals surface area (Å²) < 4.78 is 63.9. The lowest BCUT2D eigenvalue weighted by Gasteiger charge is -2.18. The Bertz CT molecular complexity index is 1480. The van der Waals surface area contributed by atoms with Crippen LogP contribution in [0.15, 0.2) is 69.5 Å². The number of amides is 1. The number of hydrogen-bond acceptors (Lipinski definition) is 6. The summed E-state index contributed by atoms with van der Waals surface area (Å²) in [6, 6.07) is 10.0. The first-order valence-electron chi connectivity index (χ1n) is 10.6. The third kappa shape index (κ3) is 5.70. The number of sulfone groups is 1. The van der Waals surface area contributed by atoms with Crippen molar-refractivity contribution in [2.24, 2.45) is 5.18 Å². The van der Waals surface area contributed by atoms with Crippen molar-refractivity contribution in [2.45, 2.75) is 37.5 Å². The number of carbonyl (C=O) groups is 1. The van der Waals surface area contributed by atoms with Gasteiger partial charge >= 0.3 is 6.18 Å². The van der Waals surface area contributed by atoms with E-state index in [0.29, 0.717) is 5.56 Å². The highest BCUT2D eigenvalue weighted by molar-refractivity contribution is 7.90. The van der Waals surface area contributed by atoms with E-state index in [9.17, 15) is 36.1 Å². The summed E-state index contributed by atoms with van der Waals surface area (Å²) in [6.45, 7) is 2.82. The van der Waals surface area contributed by atoms with Crippen LogP contribution in [0.5, 0.6) is 0 Å². The molecule has 0 aliphatic carbocycles. The number of halogens is 3. The minimum absolute atomic E-state index is 0.0590. The second-order valence-corrected chi connectivity index (χ2v) is 10.2. The van der Waals surface area contributed by atoms with E-state index in [2.05, 4.69) is 10.5 Å². The Hall–Kier alpha value is -3.80. The van der Waals surface area contributed by atoms with Crippen LogP contribution < -0.4 is 10.9 Å². The molecule has 1 N–H and O–H groups in total. The van der Waals surface area contributed by atoms with Crippen molar-refractivity contribution in [1.82, 2.24) is 9.88 Å². The minimum atomic E-state index is -4.66. The van der Waals surface area contributed by atoms with E-state index < -0.39 is 44.6 Å². The molecule has 3 rings (SSSR count). The highest BCUT2D eigenvalue weighted by atomic mass is 32.2. The third-order valence-corrected chi connectivity index (χ3v) is 6.70. The van der Waals surface area contributed by atoms with Gasteiger partial charge in [-0.3, -0.25) is 14.2 Å². The Balaban J connectivity index is 2.04. The molecule has 12 heteroatoms. The predicted octanol–water partition coefficient (Wildman–Crippen LogP) is 4.33. The average Bonchev–Trinajstić information content (AvgIpc) is 2.81. The van der Waals surface area contributed by atoms with E-state index in [0.717, 1.165) is 29.0 Å². The van der Waals surface area contributed by atoms with Gasteiger partial charge in [-0.25, -0.2) is 8.42 Å². The number of alkyl halides is 3. The number of rotatable bonds is 7. The smallest absolute Gasteiger partial charge is 0.348 e. The molecule has 0 spiro atoms. The summed E-state index contributed by atoms with van der Waals surface area (Å²) in [5, 5.41) is 5.48. The van der Waals surface area contributed by atoms with Gasteiger partial charge in [0.15, 0.2) is 9.84 Å². The molecule has 1 atom stereocenters. The Morgan fingerprint density at radius 1 is 1.11 bits per heavy atom. The van der Waals surface area contributed by atoms with Crippen molar-refractivity contribution < 1.29 is 26.4 Å². The van der Waals surface area contributed by atoms with Crippen LogP contribution in [0.4, 0.5) is 13.2 Å². The molecular weight excluding hydrogens is 499 g/mol. The number of nitroso groups, excluding NO2 is 1. The molecule has 0 aliphatic heterocycles. The number of pyridine rings is 1. The Morgan fingerprint density at radius 2 is 1.75 bits per heavy atom. The van der Waals surface area contributed by atoms with Crippen molar-refractivity contribution in [3.63, 3.8) is 0 Å². The van der Waals surface area contributed by atoms with Gasteiger partial charge < -0.3 is 5.32 Å². The van der Waals surface area contributed by atoms with Gasteiger partial charge in [0, 0.05) is 29.7 Å². The third-order valence-electron chi connectivity index (χ3n) is 5.58. The fourth-order valence-corrected chi connectivity index (χ4v) is 4.26. The van der Waals surface area contributed by atoms with E-state index >= 15 is 0 Å². The zero-order chi connectivity index (χ0) is 26.8. The molecule has 1 unspecified atom stereocenters. The van der Waals surface area contributed by atoms with Crippen LogP contribution in [0.1, 0.15) is 45.7 Å². The molecule has 3 aromatic rings. The van der Waals surface area contributed by atoms with Crippen molar-refractivity contribution in [2.75, 3.05) is 6.26 Å². The van der Waals surface area contributed by atoms with Crippen molar-refractivity contribution >= 4 is 15.7 Å². The van der Waals surface area contributed by atoms with E-state index in [4.69, 9.17) is 0 Å².